The summed E-state index contributed by atoms with van der Waals surface area (Å²) in [6, 6.07) is 17.7. The molecule has 0 fully saturated rings. The summed E-state index contributed by atoms with van der Waals surface area (Å²) in [5.41, 5.74) is 4.28. The fourth-order valence-corrected chi connectivity index (χ4v) is 3.26. The van der Waals surface area contributed by atoms with Gasteiger partial charge in [-0.1, -0.05) is 48.5 Å². The topological polar surface area (TPSA) is 54.3 Å². The summed E-state index contributed by atoms with van der Waals surface area (Å²) in [6.45, 7) is 7.83. The van der Waals surface area contributed by atoms with E-state index in [9.17, 15) is 0 Å². The number of benzene rings is 2. The molecule has 5 nitrogen and oxygen atoms in total. The van der Waals surface area contributed by atoms with Gasteiger partial charge in [-0.2, -0.15) is 5.10 Å². The zero-order valence-corrected chi connectivity index (χ0v) is 13.7. The highest BCUT2D eigenvalue weighted by molar-refractivity contribution is 5.85. The first-order valence-corrected chi connectivity index (χ1v) is 7.93. The third kappa shape index (κ3) is 2.45. The SMILES string of the molecule is [C-]#[N+]C1=C(c2ccccc2)Nc2[nH]ncc2C1c1ccccc1OC. The molecule has 122 valence electrons. The van der Waals surface area contributed by atoms with Crippen LogP contribution in [0, 0.1) is 6.57 Å². The number of anilines is 1. The van der Waals surface area contributed by atoms with E-state index in [1.165, 1.54) is 0 Å². The van der Waals surface area contributed by atoms with Crippen molar-refractivity contribution in [2.24, 2.45) is 0 Å². The third-order valence-electron chi connectivity index (χ3n) is 4.39. The molecule has 2 N–H and O–H groups in total. The fourth-order valence-electron chi connectivity index (χ4n) is 3.26. The zero-order valence-electron chi connectivity index (χ0n) is 13.7. The van der Waals surface area contributed by atoms with Crippen LogP contribution in [0.2, 0.25) is 0 Å². The van der Waals surface area contributed by atoms with Crippen molar-refractivity contribution in [1.29, 1.82) is 0 Å². The smallest absolute Gasteiger partial charge is 0.200 e. The van der Waals surface area contributed by atoms with Gasteiger partial charge in [0.15, 0.2) is 0 Å². The molecular formula is C20H16N4O. The first-order valence-electron chi connectivity index (χ1n) is 7.93. The lowest BCUT2D eigenvalue weighted by Crippen LogP contribution is -2.16. The number of aromatic amines is 1. The second kappa shape index (κ2) is 6.17. The molecule has 0 bridgehead atoms. The summed E-state index contributed by atoms with van der Waals surface area (Å²) in [4.78, 5) is 3.89. The Balaban J connectivity index is 1.98. The van der Waals surface area contributed by atoms with Crippen LogP contribution in [0.3, 0.4) is 0 Å². The van der Waals surface area contributed by atoms with Crippen molar-refractivity contribution >= 4 is 11.5 Å². The molecular weight excluding hydrogens is 312 g/mol. The van der Waals surface area contributed by atoms with Gasteiger partial charge in [-0.25, -0.2) is 4.85 Å². The van der Waals surface area contributed by atoms with E-state index in [0.717, 1.165) is 34.0 Å². The quantitative estimate of drug-likeness (QED) is 0.706. The third-order valence-corrected chi connectivity index (χ3v) is 4.39. The molecule has 1 atom stereocenters. The Hall–Kier alpha value is -3.52. The Morgan fingerprint density at radius 2 is 1.80 bits per heavy atom. The van der Waals surface area contributed by atoms with Gasteiger partial charge in [0.1, 0.15) is 11.6 Å². The maximum atomic E-state index is 7.83. The van der Waals surface area contributed by atoms with Crippen molar-refractivity contribution in [2.45, 2.75) is 5.92 Å². The first kappa shape index (κ1) is 15.0. The van der Waals surface area contributed by atoms with E-state index in [4.69, 9.17) is 11.3 Å². The maximum absolute atomic E-state index is 7.83. The molecule has 0 radical (unpaired) electrons. The molecule has 0 saturated heterocycles. The summed E-state index contributed by atoms with van der Waals surface area (Å²) in [5, 5.41) is 10.5. The van der Waals surface area contributed by atoms with Gasteiger partial charge in [-0.15, -0.1) is 0 Å². The number of aromatic nitrogens is 2. The number of hydrogen-bond acceptors (Lipinski definition) is 3. The minimum Gasteiger partial charge on any atom is -0.496 e. The minimum absolute atomic E-state index is 0.237. The molecule has 25 heavy (non-hydrogen) atoms. The van der Waals surface area contributed by atoms with Crippen LogP contribution in [0.1, 0.15) is 22.6 Å². The van der Waals surface area contributed by atoms with Gasteiger partial charge < -0.3 is 10.1 Å². The molecule has 2 heterocycles. The Morgan fingerprint density at radius 3 is 2.56 bits per heavy atom. The lowest BCUT2D eigenvalue weighted by molar-refractivity contribution is 0.409. The van der Waals surface area contributed by atoms with E-state index in [2.05, 4.69) is 20.4 Å². The number of rotatable bonds is 3. The normalized spacial score (nSPS) is 15.9. The molecule has 0 spiro atoms. The zero-order chi connectivity index (χ0) is 17.2. The second-order valence-corrected chi connectivity index (χ2v) is 5.74. The van der Waals surface area contributed by atoms with Crippen molar-refractivity contribution in [3.05, 3.63) is 94.6 Å². The lowest BCUT2D eigenvalue weighted by Gasteiger charge is -2.27. The van der Waals surface area contributed by atoms with Crippen LogP contribution < -0.4 is 10.1 Å². The Bertz CT molecular complexity index is 982. The maximum Gasteiger partial charge on any atom is 0.200 e. The summed E-state index contributed by atoms with van der Waals surface area (Å²) >= 11 is 0. The number of H-pyrrole nitrogens is 1. The number of para-hydroxylation sites is 1. The Labute approximate surface area is 145 Å². The van der Waals surface area contributed by atoms with Crippen molar-refractivity contribution in [3.8, 4) is 5.75 Å². The molecule has 0 amide bonds. The van der Waals surface area contributed by atoms with E-state index >= 15 is 0 Å². The molecule has 4 rings (SSSR count). The lowest BCUT2D eigenvalue weighted by atomic mass is 9.85. The fraction of sp³-hybridized carbons (Fsp3) is 0.100. The van der Waals surface area contributed by atoms with Crippen LogP contribution >= 0.6 is 0 Å². The number of nitrogens with one attached hydrogen (secondary N) is 2. The minimum atomic E-state index is -0.237. The number of hydrogen-bond donors (Lipinski definition) is 2. The molecule has 0 saturated carbocycles. The van der Waals surface area contributed by atoms with Gasteiger partial charge in [-0.3, -0.25) is 5.10 Å². The van der Waals surface area contributed by atoms with Crippen LogP contribution in [0.25, 0.3) is 10.5 Å². The van der Waals surface area contributed by atoms with Crippen LogP contribution in [-0.2, 0) is 0 Å². The highest BCUT2D eigenvalue weighted by atomic mass is 16.5. The Morgan fingerprint density at radius 1 is 1.04 bits per heavy atom. The van der Waals surface area contributed by atoms with Gasteiger partial charge in [0.2, 0.25) is 5.70 Å². The van der Waals surface area contributed by atoms with Crippen molar-refractivity contribution in [2.75, 3.05) is 12.4 Å². The van der Waals surface area contributed by atoms with E-state index in [1.807, 2.05) is 54.6 Å². The molecule has 2 aromatic carbocycles. The van der Waals surface area contributed by atoms with E-state index in [1.54, 1.807) is 13.3 Å². The molecule has 5 heteroatoms. The van der Waals surface area contributed by atoms with Crippen LogP contribution in [0.15, 0.2) is 66.5 Å². The predicted octanol–water partition coefficient (Wildman–Crippen LogP) is 4.26. The van der Waals surface area contributed by atoms with Crippen molar-refractivity contribution in [1.82, 2.24) is 10.2 Å². The number of ether oxygens (including phenoxy) is 1. The standard InChI is InChI=1S/C20H16N4O/c1-21-19-17(14-10-6-7-11-16(14)25-2)15-12-22-24-20(15)23-18(19)13-8-4-3-5-9-13/h3-12,17H,2H3,(H2,22,23,24). The average Bonchev–Trinajstić information content (AvgIpc) is 3.15. The van der Waals surface area contributed by atoms with Gasteiger partial charge >= 0.3 is 0 Å². The number of allylic oxidation sites excluding steroid dienone is 1. The van der Waals surface area contributed by atoms with Crippen LogP contribution in [0.5, 0.6) is 5.75 Å². The average molecular weight is 328 g/mol. The van der Waals surface area contributed by atoms with E-state index < -0.39 is 0 Å². The number of nitrogens with zero attached hydrogens (tertiary/aromatic N) is 2. The highest BCUT2D eigenvalue weighted by Crippen LogP contribution is 2.46. The molecule has 1 aliphatic heterocycles. The van der Waals surface area contributed by atoms with E-state index in [0.29, 0.717) is 5.70 Å². The van der Waals surface area contributed by atoms with Crippen molar-refractivity contribution in [3.63, 3.8) is 0 Å². The summed E-state index contributed by atoms with van der Waals surface area (Å²) in [7, 11) is 1.65. The molecule has 1 unspecified atom stereocenters. The van der Waals surface area contributed by atoms with Crippen molar-refractivity contribution < 1.29 is 4.74 Å². The first-order chi connectivity index (χ1) is 12.3. The molecule has 3 aromatic rings. The van der Waals surface area contributed by atoms with Gasteiger partial charge in [0, 0.05) is 11.3 Å². The molecule has 0 aliphatic carbocycles. The van der Waals surface area contributed by atoms with Gasteiger partial charge in [-0.05, 0) is 17.2 Å². The number of methoxy groups -OCH3 is 1. The monoisotopic (exact) mass is 328 g/mol. The van der Waals surface area contributed by atoms with E-state index in [-0.39, 0.29) is 5.92 Å². The molecule has 1 aromatic heterocycles. The largest absolute Gasteiger partial charge is 0.496 e. The summed E-state index contributed by atoms with van der Waals surface area (Å²) < 4.78 is 5.55. The van der Waals surface area contributed by atoms with Gasteiger partial charge in [0.05, 0.1) is 25.8 Å². The Kier molecular flexibility index (Phi) is 3.71. The van der Waals surface area contributed by atoms with Crippen LogP contribution in [0.4, 0.5) is 5.82 Å². The summed E-state index contributed by atoms with van der Waals surface area (Å²) in [5.74, 6) is 1.33. The predicted molar refractivity (Wildman–Crippen MR) is 97.0 cm³/mol. The highest BCUT2D eigenvalue weighted by Gasteiger charge is 2.33. The number of fused-ring (bicyclic) bond motifs is 1. The van der Waals surface area contributed by atoms with Gasteiger partial charge in [0.25, 0.3) is 0 Å². The second-order valence-electron chi connectivity index (χ2n) is 5.74. The summed E-state index contributed by atoms with van der Waals surface area (Å²) in [6.07, 6.45) is 1.77. The van der Waals surface area contributed by atoms with Crippen LogP contribution in [-0.4, -0.2) is 17.3 Å². The molecule has 1 aliphatic rings.